The van der Waals surface area contributed by atoms with E-state index in [1.807, 2.05) is 19.1 Å². The van der Waals surface area contributed by atoms with Gasteiger partial charge in [0.15, 0.2) is 0 Å². The van der Waals surface area contributed by atoms with Gasteiger partial charge in [-0.2, -0.15) is 0 Å². The molecule has 1 heterocycles. The molecule has 2 rings (SSSR count). The molecule has 1 aromatic heterocycles. The molecule has 0 aliphatic carbocycles. The van der Waals surface area contributed by atoms with E-state index in [4.69, 9.17) is 17.4 Å². The van der Waals surface area contributed by atoms with Crippen molar-refractivity contribution in [1.29, 1.82) is 0 Å². The number of aromatic nitrogens is 1. The number of nitrogens with two attached hydrogens (primary N) is 1. The minimum atomic E-state index is -0.436. The molecule has 1 atom stereocenters. The van der Waals surface area contributed by atoms with Crippen molar-refractivity contribution in [3.8, 4) is 0 Å². The smallest absolute Gasteiger partial charge is 0.123 e. The lowest BCUT2D eigenvalue weighted by Gasteiger charge is -2.19. The summed E-state index contributed by atoms with van der Waals surface area (Å²) in [4.78, 5) is 4.27. The van der Waals surface area contributed by atoms with Crippen LogP contribution in [0.15, 0.2) is 36.5 Å². The summed E-state index contributed by atoms with van der Waals surface area (Å²) in [7, 11) is 0. The van der Waals surface area contributed by atoms with E-state index in [9.17, 15) is 4.39 Å². The average Bonchev–Trinajstić information content (AvgIpc) is 2.36. The monoisotopic (exact) mass is 265 g/mol. The first-order chi connectivity index (χ1) is 8.63. The van der Waals surface area contributed by atoms with Crippen molar-refractivity contribution in [1.82, 2.24) is 10.4 Å². The third kappa shape index (κ3) is 2.51. The van der Waals surface area contributed by atoms with Crippen molar-refractivity contribution in [3.05, 3.63) is 64.2 Å². The van der Waals surface area contributed by atoms with Crippen molar-refractivity contribution in [3.63, 3.8) is 0 Å². The van der Waals surface area contributed by atoms with E-state index < -0.39 is 6.04 Å². The molecule has 0 spiro atoms. The fourth-order valence-corrected chi connectivity index (χ4v) is 2.08. The van der Waals surface area contributed by atoms with Gasteiger partial charge in [0, 0.05) is 11.2 Å². The molecule has 0 bridgehead atoms. The van der Waals surface area contributed by atoms with Gasteiger partial charge in [-0.25, -0.2) is 9.82 Å². The summed E-state index contributed by atoms with van der Waals surface area (Å²) in [5, 5.41) is 0.449. The van der Waals surface area contributed by atoms with Crippen LogP contribution in [-0.4, -0.2) is 4.98 Å². The van der Waals surface area contributed by atoms with E-state index in [2.05, 4.69) is 10.4 Å². The lowest BCUT2D eigenvalue weighted by atomic mass is 10.0. The first-order valence-corrected chi connectivity index (χ1v) is 5.84. The summed E-state index contributed by atoms with van der Waals surface area (Å²) in [5.74, 6) is 5.20. The largest absolute Gasteiger partial charge is 0.271 e. The van der Waals surface area contributed by atoms with Crippen molar-refractivity contribution < 1.29 is 4.39 Å². The number of hydrogen-bond acceptors (Lipinski definition) is 3. The standard InChI is InChI=1S/C13H13ClFN3/c1-8-3-2-6-17-12(8)13(18-16)10-7-9(15)4-5-11(10)14/h2-7,13,18H,16H2,1H3. The predicted molar refractivity (Wildman–Crippen MR) is 69.6 cm³/mol. The summed E-state index contributed by atoms with van der Waals surface area (Å²) in [5.41, 5.74) is 4.89. The maximum Gasteiger partial charge on any atom is 0.123 e. The molecule has 0 radical (unpaired) electrons. The highest BCUT2D eigenvalue weighted by molar-refractivity contribution is 6.31. The number of nitrogens with zero attached hydrogens (tertiary/aromatic N) is 1. The molecule has 1 aromatic carbocycles. The van der Waals surface area contributed by atoms with Crippen LogP contribution < -0.4 is 11.3 Å². The van der Waals surface area contributed by atoms with Gasteiger partial charge in [0.05, 0.1) is 11.7 Å². The van der Waals surface area contributed by atoms with Crippen molar-refractivity contribution in [2.24, 2.45) is 5.84 Å². The van der Waals surface area contributed by atoms with Gasteiger partial charge in [0.2, 0.25) is 0 Å². The Hall–Kier alpha value is -1.49. The maximum absolute atomic E-state index is 13.3. The molecule has 94 valence electrons. The Morgan fingerprint density at radius 2 is 2.17 bits per heavy atom. The molecule has 0 aliphatic heterocycles. The Kier molecular flexibility index (Phi) is 3.91. The first kappa shape index (κ1) is 13.0. The molecule has 0 saturated heterocycles. The number of nitrogens with one attached hydrogen (secondary N) is 1. The SMILES string of the molecule is Cc1cccnc1C(NN)c1cc(F)ccc1Cl. The Bertz CT molecular complexity index is 560. The van der Waals surface area contributed by atoms with Crippen LogP contribution in [0.1, 0.15) is 22.9 Å². The van der Waals surface area contributed by atoms with Gasteiger partial charge in [-0.15, -0.1) is 0 Å². The average molecular weight is 266 g/mol. The fourth-order valence-electron chi connectivity index (χ4n) is 1.85. The fraction of sp³-hybridized carbons (Fsp3) is 0.154. The molecular formula is C13H13ClFN3. The number of hydrogen-bond donors (Lipinski definition) is 2. The van der Waals surface area contributed by atoms with Crippen LogP contribution in [0.4, 0.5) is 4.39 Å². The van der Waals surface area contributed by atoms with Crippen LogP contribution in [0.5, 0.6) is 0 Å². The van der Waals surface area contributed by atoms with Gasteiger partial charge in [0.25, 0.3) is 0 Å². The molecule has 5 heteroatoms. The van der Waals surface area contributed by atoms with Crippen molar-refractivity contribution in [2.75, 3.05) is 0 Å². The minimum absolute atomic E-state index is 0.358. The Morgan fingerprint density at radius 1 is 1.39 bits per heavy atom. The van der Waals surface area contributed by atoms with Crippen LogP contribution in [0.3, 0.4) is 0 Å². The molecule has 0 fully saturated rings. The minimum Gasteiger partial charge on any atom is -0.271 e. The molecule has 18 heavy (non-hydrogen) atoms. The maximum atomic E-state index is 13.3. The second-order valence-electron chi connectivity index (χ2n) is 3.97. The molecule has 0 amide bonds. The zero-order valence-corrected chi connectivity index (χ0v) is 10.6. The number of rotatable bonds is 3. The summed E-state index contributed by atoms with van der Waals surface area (Å²) < 4.78 is 13.3. The van der Waals surface area contributed by atoms with Crippen LogP contribution >= 0.6 is 11.6 Å². The highest BCUT2D eigenvalue weighted by Crippen LogP contribution is 2.28. The lowest BCUT2D eigenvalue weighted by molar-refractivity contribution is 0.596. The van der Waals surface area contributed by atoms with E-state index in [0.29, 0.717) is 10.6 Å². The number of hydrazine groups is 1. The normalized spacial score (nSPS) is 12.4. The highest BCUT2D eigenvalue weighted by Gasteiger charge is 2.19. The number of aryl methyl sites for hydroxylation is 1. The van der Waals surface area contributed by atoms with Gasteiger partial charge >= 0.3 is 0 Å². The third-order valence-corrected chi connectivity index (χ3v) is 3.10. The Labute approximate surface area is 110 Å². The molecule has 3 nitrogen and oxygen atoms in total. The number of pyridine rings is 1. The van der Waals surface area contributed by atoms with Gasteiger partial charge in [-0.3, -0.25) is 10.8 Å². The van der Waals surface area contributed by atoms with Gasteiger partial charge < -0.3 is 0 Å². The third-order valence-electron chi connectivity index (χ3n) is 2.76. The molecule has 2 aromatic rings. The lowest BCUT2D eigenvalue weighted by Crippen LogP contribution is -2.30. The summed E-state index contributed by atoms with van der Waals surface area (Å²) in [6.07, 6.45) is 1.67. The van der Waals surface area contributed by atoms with Gasteiger partial charge in [-0.1, -0.05) is 17.7 Å². The van der Waals surface area contributed by atoms with Crippen LogP contribution in [-0.2, 0) is 0 Å². The van der Waals surface area contributed by atoms with Crippen molar-refractivity contribution >= 4 is 11.6 Å². The highest BCUT2D eigenvalue weighted by atomic mass is 35.5. The zero-order chi connectivity index (χ0) is 13.1. The zero-order valence-electron chi connectivity index (χ0n) is 9.82. The Balaban J connectivity index is 2.52. The first-order valence-electron chi connectivity index (χ1n) is 5.46. The molecule has 3 N–H and O–H groups in total. The van der Waals surface area contributed by atoms with Crippen molar-refractivity contribution in [2.45, 2.75) is 13.0 Å². The molecule has 0 aliphatic rings. The molecular weight excluding hydrogens is 253 g/mol. The van der Waals surface area contributed by atoms with Crippen LogP contribution in [0.2, 0.25) is 5.02 Å². The van der Waals surface area contributed by atoms with E-state index in [-0.39, 0.29) is 5.82 Å². The number of benzene rings is 1. The topological polar surface area (TPSA) is 50.9 Å². The quantitative estimate of drug-likeness (QED) is 0.663. The Morgan fingerprint density at radius 3 is 2.83 bits per heavy atom. The second-order valence-corrected chi connectivity index (χ2v) is 4.38. The summed E-state index contributed by atoms with van der Waals surface area (Å²) >= 11 is 6.08. The van der Waals surface area contributed by atoms with Crippen LogP contribution in [0, 0.1) is 12.7 Å². The predicted octanol–water partition coefficient (Wildman–Crippen LogP) is 2.74. The molecule has 1 unspecified atom stereocenters. The summed E-state index contributed by atoms with van der Waals surface area (Å²) in [6.45, 7) is 1.92. The van der Waals surface area contributed by atoms with E-state index in [0.717, 1.165) is 11.3 Å². The number of halogens is 2. The van der Waals surface area contributed by atoms with E-state index in [1.54, 1.807) is 6.20 Å². The summed E-state index contributed by atoms with van der Waals surface area (Å²) in [6, 6.07) is 7.49. The van der Waals surface area contributed by atoms with E-state index >= 15 is 0 Å². The van der Waals surface area contributed by atoms with E-state index in [1.165, 1.54) is 18.2 Å². The van der Waals surface area contributed by atoms with Gasteiger partial charge in [-0.05, 0) is 42.3 Å². The second kappa shape index (κ2) is 5.44. The van der Waals surface area contributed by atoms with Crippen LogP contribution in [0.25, 0.3) is 0 Å². The van der Waals surface area contributed by atoms with Gasteiger partial charge in [0.1, 0.15) is 5.82 Å². The molecule has 0 saturated carbocycles.